The van der Waals surface area contributed by atoms with Crippen LogP contribution in [0.4, 0.5) is 0 Å². The summed E-state index contributed by atoms with van der Waals surface area (Å²) in [7, 11) is 3.58. The molecule has 95 valence electrons. The number of hydrogen-bond donors (Lipinski definition) is 0. The van der Waals surface area contributed by atoms with E-state index in [9.17, 15) is 0 Å². The first-order chi connectivity index (χ1) is 9.24. The number of rotatable bonds is 2. The topological polar surface area (TPSA) is 0 Å². The molecule has 1 saturated carbocycles. The van der Waals surface area contributed by atoms with Crippen molar-refractivity contribution in [3.8, 4) is 0 Å². The van der Waals surface area contributed by atoms with Crippen molar-refractivity contribution in [2.24, 2.45) is 5.92 Å². The normalized spacial score (nSPS) is 16.7. The first-order valence-electron chi connectivity index (χ1n) is 7.18. The zero-order valence-electron chi connectivity index (χ0n) is 11.3. The molecule has 2 aromatic rings. The lowest BCUT2D eigenvalue weighted by molar-refractivity contribution is 0.430. The fraction of sp³-hybridized carbons (Fsp3) is 0.333. The maximum atomic E-state index is 4.36. The first kappa shape index (κ1) is 12.7. The van der Waals surface area contributed by atoms with Crippen LogP contribution in [0.25, 0.3) is 16.3 Å². The van der Waals surface area contributed by atoms with Gasteiger partial charge < -0.3 is 0 Å². The SMILES string of the molecule is C=C(c1ccc2cc([Si])ccc2c1)C1CCCCC1. The van der Waals surface area contributed by atoms with E-state index in [1.807, 2.05) is 0 Å². The van der Waals surface area contributed by atoms with Crippen LogP contribution in [0.5, 0.6) is 0 Å². The monoisotopic (exact) mass is 263 g/mol. The van der Waals surface area contributed by atoms with Crippen LogP contribution in [0, 0.1) is 5.92 Å². The van der Waals surface area contributed by atoms with Crippen LogP contribution >= 0.6 is 0 Å². The molecular weight excluding hydrogens is 244 g/mol. The third-order valence-electron chi connectivity index (χ3n) is 4.31. The highest BCUT2D eigenvalue weighted by atomic mass is 28.1. The van der Waals surface area contributed by atoms with E-state index in [0.717, 1.165) is 5.19 Å². The van der Waals surface area contributed by atoms with Gasteiger partial charge in [-0.15, -0.1) is 0 Å². The second-order valence-electron chi connectivity index (χ2n) is 5.64. The summed E-state index contributed by atoms with van der Waals surface area (Å²) in [4.78, 5) is 0. The summed E-state index contributed by atoms with van der Waals surface area (Å²) in [6.45, 7) is 4.36. The van der Waals surface area contributed by atoms with Crippen molar-refractivity contribution < 1.29 is 0 Å². The van der Waals surface area contributed by atoms with E-state index in [1.165, 1.54) is 54.0 Å². The van der Waals surface area contributed by atoms with Gasteiger partial charge in [0.1, 0.15) is 0 Å². The molecular formula is C18H19Si. The van der Waals surface area contributed by atoms with Crippen LogP contribution in [0.1, 0.15) is 37.7 Å². The van der Waals surface area contributed by atoms with Gasteiger partial charge in [-0.3, -0.25) is 0 Å². The van der Waals surface area contributed by atoms with E-state index < -0.39 is 0 Å². The Morgan fingerprint density at radius 2 is 1.63 bits per heavy atom. The first-order valence-corrected chi connectivity index (χ1v) is 7.68. The third-order valence-corrected chi connectivity index (χ3v) is 4.62. The predicted octanol–water partition coefficient (Wildman–Crippen LogP) is 4.23. The van der Waals surface area contributed by atoms with Crippen molar-refractivity contribution in [1.29, 1.82) is 0 Å². The van der Waals surface area contributed by atoms with Gasteiger partial charge in [0.05, 0.1) is 10.2 Å². The number of benzene rings is 2. The highest BCUT2D eigenvalue weighted by molar-refractivity contribution is 6.33. The Morgan fingerprint density at radius 1 is 0.947 bits per heavy atom. The molecule has 1 fully saturated rings. The van der Waals surface area contributed by atoms with Gasteiger partial charge in [0.2, 0.25) is 0 Å². The predicted molar refractivity (Wildman–Crippen MR) is 84.9 cm³/mol. The van der Waals surface area contributed by atoms with E-state index in [4.69, 9.17) is 0 Å². The maximum Gasteiger partial charge on any atom is 0.0712 e. The van der Waals surface area contributed by atoms with Gasteiger partial charge in [0, 0.05) is 0 Å². The standard InChI is InChI=1S/C18H19Si/c1-13(14-5-3-2-4-6-14)15-7-8-17-12-18(19)10-9-16(17)11-15/h7-12,14H,1-6H2. The third kappa shape index (κ3) is 2.66. The van der Waals surface area contributed by atoms with Gasteiger partial charge in [-0.1, -0.05) is 61.4 Å². The smallest absolute Gasteiger partial charge is 0.0712 e. The number of allylic oxidation sites excluding steroid dienone is 1. The van der Waals surface area contributed by atoms with Crippen molar-refractivity contribution in [2.45, 2.75) is 32.1 Å². The molecule has 2 aromatic carbocycles. The van der Waals surface area contributed by atoms with Gasteiger partial charge >= 0.3 is 0 Å². The quantitative estimate of drug-likeness (QED) is 0.711. The highest BCUT2D eigenvalue weighted by Crippen LogP contribution is 2.34. The second kappa shape index (κ2) is 5.34. The largest absolute Gasteiger partial charge is 0.0950 e. The maximum absolute atomic E-state index is 4.36. The molecule has 0 aromatic heterocycles. The molecule has 1 heteroatoms. The zero-order valence-corrected chi connectivity index (χ0v) is 12.3. The lowest BCUT2D eigenvalue weighted by Crippen LogP contribution is -2.07. The Labute approximate surface area is 119 Å². The van der Waals surface area contributed by atoms with Crippen molar-refractivity contribution in [3.63, 3.8) is 0 Å². The lowest BCUT2D eigenvalue weighted by Gasteiger charge is -2.24. The molecule has 0 nitrogen and oxygen atoms in total. The molecule has 3 rings (SSSR count). The highest BCUT2D eigenvalue weighted by Gasteiger charge is 2.17. The second-order valence-corrected chi connectivity index (χ2v) is 6.21. The van der Waals surface area contributed by atoms with Gasteiger partial charge in [0.15, 0.2) is 0 Å². The molecule has 0 saturated heterocycles. The Bertz CT molecular complexity index is 606. The van der Waals surface area contributed by atoms with E-state index in [0.29, 0.717) is 5.92 Å². The molecule has 19 heavy (non-hydrogen) atoms. The average Bonchev–Trinajstić information content (AvgIpc) is 2.47. The van der Waals surface area contributed by atoms with Gasteiger partial charge in [-0.05, 0) is 46.7 Å². The zero-order chi connectivity index (χ0) is 13.2. The van der Waals surface area contributed by atoms with Crippen LogP contribution in [-0.4, -0.2) is 10.2 Å². The molecule has 0 atom stereocenters. The number of fused-ring (bicyclic) bond motifs is 1. The van der Waals surface area contributed by atoms with Crippen LogP contribution in [0.2, 0.25) is 0 Å². The van der Waals surface area contributed by atoms with E-state index >= 15 is 0 Å². The molecule has 0 amide bonds. The average molecular weight is 263 g/mol. The molecule has 1 aliphatic carbocycles. The molecule has 0 aliphatic heterocycles. The van der Waals surface area contributed by atoms with Crippen molar-refractivity contribution in [3.05, 3.63) is 48.5 Å². The van der Waals surface area contributed by atoms with Gasteiger partial charge in [0.25, 0.3) is 0 Å². The van der Waals surface area contributed by atoms with Gasteiger partial charge in [-0.25, -0.2) is 0 Å². The van der Waals surface area contributed by atoms with Crippen LogP contribution in [-0.2, 0) is 0 Å². The van der Waals surface area contributed by atoms with E-state index in [2.05, 4.69) is 53.2 Å². The van der Waals surface area contributed by atoms with Crippen LogP contribution in [0.15, 0.2) is 43.0 Å². The summed E-state index contributed by atoms with van der Waals surface area (Å²) in [5, 5.41) is 3.72. The lowest BCUT2D eigenvalue weighted by atomic mass is 9.81. The van der Waals surface area contributed by atoms with E-state index in [1.54, 1.807) is 0 Å². The molecule has 0 heterocycles. The van der Waals surface area contributed by atoms with E-state index in [-0.39, 0.29) is 0 Å². The van der Waals surface area contributed by atoms with Crippen LogP contribution in [0.3, 0.4) is 0 Å². The Balaban J connectivity index is 1.92. The molecule has 0 unspecified atom stereocenters. The van der Waals surface area contributed by atoms with Crippen molar-refractivity contribution in [1.82, 2.24) is 0 Å². The fourth-order valence-corrected chi connectivity index (χ4v) is 3.37. The minimum Gasteiger partial charge on any atom is -0.0950 e. The minimum atomic E-state index is 0.696. The van der Waals surface area contributed by atoms with Crippen LogP contribution < -0.4 is 5.19 Å². The molecule has 0 N–H and O–H groups in total. The summed E-state index contributed by atoms with van der Waals surface area (Å²) in [6.07, 6.45) is 6.76. The Kier molecular flexibility index (Phi) is 3.56. The minimum absolute atomic E-state index is 0.696. The fourth-order valence-electron chi connectivity index (χ4n) is 3.13. The summed E-state index contributed by atoms with van der Waals surface area (Å²) in [5.74, 6) is 0.696. The molecule has 0 bridgehead atoms. The summed E-state index contributed by atoms with van der Waals surface area (Å²) < 4.78 is 0. The Morgan fingerprint density at radius 3 is 2.42 bits per heavy atom. The van der Waals surface area contributed by atoms with Gasteiger partial charge in [-0.2, -0.15) is 0 Å². The van der Waals surface area contributed by atoms with Crippen molar-refractivity contribution in [2.75, 3.05) is 0 Å². The molecule has 3 radical (unpaired) electrons. The van der Waals surface area contributed by atoms with Crippen molar-refractivity contribution >= 4 is 31.8 Å². The summed E-state index contributed by atoms with van der Waals surface area (Å²) in [5.41, 5.74) is 2.66. The summed E-state index contributed by atoms with van der Waals surface area (Å²) >= 11 is 0. The summed E-state index contributed by atoms with van der Waals surface area (Å²) in [6, 6.07) is 13.2. The Hall–Kier alpha value is -1.34. The number of hydrogen-bond acceptors (Lipinski definition) is 0. The molecule has 1 aliphatic rings. The molecule has 0 spiro atoms.